The molecule has 0 saturated heterocycles. The van der Waals surface area contributed by atoms with E-state index in [-0.39, 0.29) is 16.7 Å². The molecule has 0 radical (unpaired) electrons. The monoisotopic (exact) mass is 242 g/mol. The summed E-state index contributed by atoms with van der Waals surface area (Å²) in [5, 5.41) is 0. The molecule has 1 heterocycles. The van der Waals surface area contributed by atoms with Gasteiger partial charge in [0.15, 0.2) is 0 Å². The number of aromatic nitrogens is 2. The van der Waals surface area contributed by atoms with E-state index < -0.39 is 5.82 Å². The summed E-state index contributed by atoms with van der Waals surface area (Å²) in [5.74, 6) is 5.45. The van der Waals surface area contributed by atoms with Crippen molar-refractivity contribution in [3.63, 3.8) is 0 Å². The van der Waals surface area contributed by atoms with Gasteiger partial charge in [-0.15, -0.1) is 0 Å². The molecule has 0 bridgehead atoms. The largest absolute Gasteiger partial charge is 0.310 e. The van der Waals surface area contributed by atoms with Crippen molar-refractivity contribution in [2.75, 3.05) is 0 Å². The number of aryl methyl sites for hydroxylation is 2. The van der Waals surface area contributed by atoms with Crippen LogP contribution in [0.5, 0.6) is 0 Å². The van der Waals surface area contributed by atoms with Gasteiger partial charge in [-0.1, -0.05) is 24.0 Å². The Morgan fingerprint density at radius 1 is 1.22 bits per heavy atom. The van der Waals surface area contributed by atoms with Gasteiger partial charge in [-0.3, -0.25) is 4.79 Å². The minimum Gasteiger partial charge on any atom is -0.310 e. The van der Waals surface area contributed by atoms with Gasteiger partial charge in [-0.25, -0.2) is 9.37 Å². The summed E-state index contributed by atoms with van der Waals surface area (Å²) in [6, 6.07) is 6.17. The summed E-state index contributed by atoms with van der Waals surface area (Å²) in [5.41, 5.74) is 0.768. The van der Waals surface area contributed by atoms with E-state index in [9.17, 15) is 9.18 Å². The predicted molar refractivity (Wildman–Crippen MR) is 66.7 cm³/mol. The molecule has 0 fully saturated rings. The van der Waals surface area contributed by atoms with Gasteiger partial charge < -0.3 is 4.98 Å². The van der Waals surface area contributed by atoms with E-state index >= 15 is 0 Å². The van der Waals surface area contributed by atoms with Crippen LogP contribution in [0.2, 0.25) is 0 Å². The lowest BCUT2D eigenvalue weighted by Crippen LogP contribution is -2.15. The van der Waals surface area contributed by atoms with Gasteiger partial charge >= 0.3 is 0 Å². The van der Waals surface area contributed by atoms with Gasteiger partial charge in [0.05, 0.1) is 11.3 Å². The van der Waals surface area contributed by atoms with Crippen LogP contribution < -0.4 is 5.56 Å². The Labute approximate surface area is 104 Å². The summed E-state index contributed by atoms with van der Waals surface area (Å²) < 4.78 is 13.4. The van der Waals surface area contributed by atoms with Crippen LogP contribution in [-0.4, -0.2) is 9.97 Å². The van der Waals surface area contributed by atoms with Crippen molar-refractivity contribution in [2.24, 2.45) is 0 Å². The molecule has 1 aromatic carbocycles. The maximum atomic E-state index is 13.4. The molecule has 0 aliphatic carbocycles. The highest BCUT2D eigenvalue weighted by Crippen LogP contribution is 2.04. The Morgan fingerprint density at radius 3 is 2.61 bits per heavy atom. The van der Waals surface area contributed by atoms with Crippen molar-refractivity contribution in [1.29, 1.82) is 0 Å². The van der Waals surface area contributed by atoms with Crippen LogP contribution in [0.4, 0.5) is 4.39 Å². The molecule has 0 aliphatic heterocycles. The molecule has 0 spiro atoms. The van der Waals surface area contributed by atoms with Crippen molar-refractivity contribution < 1.29 is 4.39 Å². The molecule has 0 aliphatic rings. The smallest absolute Gasteiger partial charge is 0.266 e. The lowest BCUT2D eigenvalue weighted by Gasteiger charge is -1.98. The van der Waals surface area contributed by atoms with Crippen LogP contribution in [-0.2, 0) is 0 Å². The fourth-order valence-corrected chi connectivity index (χ4v) is 1.57. The van der Waals surface area contributed by atoms with Crippen LogP contribution in [0, 0.1) is 31.5 Å². The van der Waals surface area contributed by atoms with Gasteiger partial charge in [0, 0.05) is 0 Å². The van der Waals surface area contributed by atoms with E-state index in [0.717, 1.165) is 0 Å². The summed E-state index contributed by atoms with van der Waals surface area (Å²) >= 11 is 0. The molecule has 4 heteroatoms. The van der Waals surface area contributed by atoms with Gasteiger partial charge in [0.1, 0.15) is 17.2 Å². The molecule has 3 nitrogen and oxygen atoms in total. The third-order valence-electron chi connectivity index (χ3n) is 2.41. The zero-order valence-electron chi connectivity index (χ0n) is 10.0. The normalized spacial score (nSPS) is 9.72. The lowest BCUT2D eigenvalue weighted by molar-refractivity contribution is 0.624. The number of hydrogen-bond donors (Lipinski definition) is 1. The van der Waals surface area contributed by atoms with E-state index in [0.29, 0.717) is 11.5 Å². The van der Waals surface area contributed by atoms with Crippen molar-refractivity contribution in [3.8, 4) is 11.8 Å². The lowest BCUT2D eigenvalue weighted by atomic mass is 10.2. The molecule has 0 unspecified atom stereocenters. The second-order valence-electron chi connectivity index (χ2n) is 3.84. The second kappa shape index (κ2) is 4.84. The average molecular weight is 242 g/mol. The maximum Gasteiger partial charge on any atom is 0.266 e. The number of nitrogens with zero attached hydrogens (tertiary/aromatic N) is 1. The van der Waals surface area contributed by atoms with E-state index in [2.05, 4.69) is 21.8 Å². The number of nitrogens with one attached hydrogen (secondary N) is 1. The average Bonchev–Trinajstić information content (AvgIpc) is 2.30. The SMILES string of the molecule is Cc1nc(C)c(C#Cc2ccccc2F)c(=O)[nH]1. The van der Waals surface area contributed by atoms with E-state index in [1.807, 2.05) is 0 Å². The Morgan fingerprint density at radius 2 is 1.94 bits per heavy atom. The zero-order chi connectivity index (χ0) is 13.1. The number of rotatable bonds is 0. The summed E-state index contributed by atoms with van der Waals surface area (Å²) in [7, 11) is 0. The molecule has 90 valence electrons. The number of benzene rings is 1. The van der Waals surface area contributed by atoms with Crippen LogP contribution >= 0.6 is 0 Å². The van der Waals surface area contributed by atoms with E-state index in [1.165, 1.54) is 6.07 Å². The standard InChI is InChI=1S/C14H11FN2O/c1-9-12(14(18)17-10(2)16-9)8-7-11-5-3-4-6-13(11)15/h3-6H,1-2H3,(H,16,17,18). The Hall–Kier alpha value is -2.41. The summed E-state index contributed by atoms with van der Waals surface area (Å²) in [6.07, 6.45) is 0. The quantitative estimate of drug-likeness (QED) is 0.717. The molecule has 2 aromatic rings. The van der Waals surface area contributed by atoms with Crippen molar-refractivity contribution in [3.05, 3.63) is 63.1 Å². The number of aromatic amines is 1. The van der Waals surface area contributed by atoms with E-state index in [4.69, 9.17) is 0 Å². The molecule has 2 rings (SSSR count). The first kappa shape index (κ1) is 12.1. The number of hydrogen-bond acceptors (Lipinski definition) is 2. The highest BCUT2D eigenvalue weighted by Gasteiger charge is 2.03. The number of halogens is 1. The molecule has 1 aromatic heterocycles. The molecule has 1 N–H and O–H groups in total. The van der Waals surface area contributed by atoms with Gasteiger partial charge in [-0.2, -0.15) is 0 Å². The van der Waals surface area contributed by atoms with Crippen LogP contribution in [0.3, 0.4) is 0 Å². The molecular weight excluding hydrogens is 231 g/mol. The van der Waals surface area contributed by atoms with Crippen LogP contribution in [0.1, 0.15) is 22.6 Å². The second-order valence-corrected chi connectivity index (χ2v) is 3.84. The Balaban J connectivity index is 2.49. The minimum atomic E-state index is -0.404. The van der Waals surface area contributed by atoms with Crippen LogP contribution in [0.25, 0.3) is 0 Å². The minimum absolute atomic E-state index is 0.261. The fraction of sp³-hybridized carbons (Fsp3) is 0.143. The third kappa shape index (κ3) is 2.46. The van der Waals surface area contributed by atoms with Gasteiger partial charge in [0.25, 0.3) is 5.56 Å². The topological polar surface area (TPSA) is 45.8 Å². The summed E-state index contributed by atoms with van der Waals surface area (Å²) in [4.78, 5) is 18.4. The fourth-order valence-electron chi connectivity index (χ4n) is 1.57. The maximum absolute atomic E-state index is 13.4. The third-order valence-corrected chi connectivity index (χ3v) is 2.41. The first-order chi connectivity index (χ1) is 8.58. The summed E-state index contributed by atoms with van der Waals surface area (Å²) in [6.45, 7) is 3.40. The molecular formula is C14H11FN2O. The van der Waals surface area contributed by atoms with Crippen molar-refractivity contribution >= 4 is 0 Å². The highest BCUT2D eigenvalue weighted by atomic mass is 19.1. The number of H-pyrrole nitrogens is 1. The van der Waals surface area contributed by atoms with Crippen molar-refractivity contribution in [2.45, 2.75) is 13.8 Å². The van der Waals surface area contributed by atoms with Gasteiger partial charge in [0.2, 0.25) is 0 Å². The Bertz CT molecular complexity index is 708. The molecule has 18 heavy (non-hydrogen) atoms. The molecule has 0 atom stereocenters. The van der Waals surface area contributed by atoms with Crippen LogP contribution in [0.15, 0.2) is 29.1 Å². The zero-order valence-corrected chi connectivity index (χ0v) is 10.0. The van der Waals surface area contributed by atoms with Crippen molar-refractivity contribution in [1.82, 2.24) is 9.97 Å². The van der Waals surface area contributed by atoms with E-state index in [1.54, 1.807) is 32.0 Å². The van der Waals surface area contributed by atoms with Gasteiger partial charge in [-0.05, 0) is 26.0 Å². The highest BCUT2D eigenvalue weighted by molar-refractivity contribution is 5.43. The first-order valence-corrected chi connectivity index (χ1v) is 5.42. The predicted octanol–water partition coefficient (Wildman–Crippen LogP) is 1.93. The first-order valence-electron chi connectivity index (χ1n) is 5.42. The molecule has 0 amide bonds. The Kier molecular flexibility index (Phi) is 3.24. The molecule has 0 saturated carbocycles.